The lowest BCUT2D eigenvalue weighted by Crippen LogP contribution is -2.18. The molecule has 1 fully saturated rings. The van der Waals surface area contributed by atoms with Crippen LogP contribution in [0.15, 0.2) is 67.0 Å². The first-order chi connectivity index (χ1) is 16.1. The van der Waals surface area contributed by atoms with Gasteiger partial charge in [0.25, 0.3) is 5.91 Å². The number of amides is 1. The second-order valence-corrected chi connectivity index (χ2v) is 8.31. The molecule has 1 amide bonds. The summed E-state index contributed by atoms with van der Waals surface area (Å²) < 4.78 is 0. The fraction of sp³-hybridized carbons (Fsp3) is 0.192. The molecule has 0 aliphatic carbocycles. The third kappa shape index (κ3) is 4.36. The van der Waals surface area contributed by atoms with Crippen molar-refractivity contribution in [3.05, 3.63) is 89.2 Å². The van der Waals surface area contributed by atoms with Gasteiger partial charge in [0.15, 0.2) is 0 Å². The van der Waals surface area contributed by atoms with Crippen LogP contribution in [-0.2, 0) is 11.3 Å². The summed E-state index contributed by atoms with van der Waals surface area (Å²) in [6.07, 6.45) is 5.85. The predicted octanol–water partition coefficient (Wildman–Crippen LogP) is 4.31. The van der Waals surface area contributed by atoms with Gasteiger partial charge in [-0.15, -0.1) is 0 Å². The molecule has 33 heavy (non-hydrogen) atoms. The highest BCUT2D eigenvalue weighted by Crippen LogP contribution is 2.38. The maximum atomic E-state index is 13.0. The minimum absolute atomic E-state index is 0.128. The van der Waals surface area contributed by atoms with E-state index in [0.717, 1.165) is 30.9 Å². The summed E-state index contributed by atoms with van der Waals surface area (Å²) in [5.41, 5.74) is 5.15. The Balaban J connectivity index is 1.53. The second kappa shape index (κ2) is 8.88. The molecule has 3 aromatic rings. The van der Waals surface area contributed by atoms with Gasteiger partial charge in [-0.25, -0.2) is 4.79 Å². The first-order valence-corrected chi connectivity index (χ1v) is 11.0. The van der Waals surface area contributed by atoms with Gasteiger partial charge < -0.3 is 15.7 Å². The van der Waals surface area contributed by atoms with E-state index in [4.69, 9.17) is 0 Å². The summed E-state index contributed by atoms with van der Waals surface area (Å²) in [6, 6.07) is 16.5. The van der Waals surface area contributed by atoms with Crippen LogP contribution in [0.1, 0.15) is 39.9 Å². The maximum Gasteiger partial charge on any atom is 0.335 e. The van der Waals surface area contributed by atoms with E-state index < -0.39 is 5.97 Å². The number of aromatic carboxylic acids is 1. The highest BCUT2D eigenvalue weighted by molar-refractivity contribution is 6.37. The van der Waals surface area contributed by atoms with Gasteiger partial charge in [-0.05, 0) is 74.0 Å². The van der Waals surface area contributed by atoms with E-state index >= 15 is 0 Å². The Bertz CT molecular complexity index is 1230. The molecule has 0 saturated carbocycles. The minimum Gasteiger partial charge on any atom is -0.478 e. The molecule has 0 unspecified atom stereocenters. The Kier molecular flexibility index (Phi) is 5.62. The number of benzene rings is 2. The van der Waals surface area contributed by atoms with Crippen molar-refractivity contribution >= 4 is 34.5 Å². The van der Waals surface area contributed by atoms with E-state index in [2.05, 4.69) is 32.7 Å². The average Bonchev–Trinajstić information content (AvgIpc) is 3.45. The molecule has 0 spiro atoms. The number of rotatable bonds is 6. The summed E-state index contributed by atoms with van der Waals surface area (Å²) in [7, 11) is 0. The number of hydrogen-bond donors (Lipinski definition) is 3. The van der Waals surface area contributed by atoms with E-state index in [1.54, 1.807) is 18.5 Å². The van der Waals surface area contributed by atoms with E-state index in [9.17, 15) is 14.7 Å². The normalized spacial score (nSPS) is 16.9. The summed E-state index contributed by atoms with van der Waals surface area (Å²) in [5.74, 6) is -1.32. The lowest BCUT2D eigenvalue weighted by molar-refractivity contribution is -0.110. The Hall–Kier alpha value is -3.97. The maximum absolute atomic E-state index is 13.0. The van der Waals surface area contributed by atoms with Gasteiger partial charge in [0.1, 0.15) is 0 Å². The van der Waals surface area contributed by atoms with Crippen molar-refractivity contribution in [2.45, 2.75) is 19.4 Å². The van der Waals surface area contributed by atoms with Crippen molar-refractivity contribution in [2.75, 3.05) is 23.7 Å². The first-order valence-electron chi connectivity index (χ1n) is 11.0. The van der Waals surface area contributed by atoms with E-state index in [0.29, 0.717) is 22.5 Å². The molecule has 5 rings (SSSR count). The molecule has 3 N–H and O–H groups in total. The molecule has 166 valence electrons. The summed E-state index contributed by atoms with van der Waals surface area (Å²) in [5, 5.41) is 15.7. The quantitative estimate of drug-likeness (QED) is 0.495. The molecule has 1 aromatic heterocycles. The lowest BCUT2D eigenvalue weighted by atomic mass is 9.99. The van der Waals surface area contributed by atoms with Crippen LogP contribution < -0.4 is 10.6 Å². The molecular formula is C26H24N4O3. The van der Waals surface area contributed by atoms with Crippen molar-refractivity contribution in [2.24, 2.45) is 0 Å². The highest BCUT2D eigenvalue weighted by atomic mass is 16.4. The van der Waals surface area contributed by atoms with Gasteiger partial charge in [0.2, 0.25) is 0 Å². The van der Waals surface area contributed by atoms with Crippen LogP contribution in [0.5, 0.6) is 0 Å². The minimum atomic E-state index is -1.04. The number of carbonyl (C=O) groups is 2. The number of carboxylic acids is 1. The van der Waals surface area contributed by atoms with Crippen LogP contribution in [0.3, 0.4) is 0 Å². The third-order valence-corrected chi connectivity index (χ3v) is 6.06. The molecule has 0 radical (unpaired) electrons. The molecule has 3 heterocycles. The van der Waals surface area contributed by atoms with Crippen LogP contribution >= 0.6 is 0 Å². The fourth-order valence-corrected chi connectivity index (χ4v) is 4.38. The van der Waals surface area contributed by atoms with Crippen LogP contribution in [0.25, 0.3) is 11.3 Å². The molecular weight excluding hydrogens is 416 g/mol. The summed E-state index contributed by atoms with van der Waals surface area (Å²) >= 11 is 0. The Morgan fingerprint density at radius 3 is 2.42 bits per heavy atom. The number of carboxylic acid groups (broad SMARTS) is 1. The number of nitrogens with one attached hydrogen (secondary N) is 2. The number of anilines is 2. The molecule has 2 aliphatic rings. The number of hydrogen-bond acceptors (Lipinski definition) is 5. The van der Waals surface area contributed by atoms with Crippen LogP contribution in [0.4, 0.5) is 11.4 Å². The van der Waals surface area contributed by atoms with Gasteiger partial charge in [0.05, 0.1) is 16.8 Å². The monoisotopic (exact) mass is 440 g/mol. The average molecular weight is 441 g/mol. The molecule has 7 nitrogen and oxygen atoms in total. The third-order valence-electron chi connectivity index (χ3n) is 6.06. The first kappa shape index (κ1) is 20.9. The van der Waals surface area contributed by atoms with Crippen molar-refractivity contribution in [3.63, 3.8) is 0 Å². The van der Waals surface area contributed by atoms with Gasteiger partial charge in [-0.1, -0.05) is 12.1 Å². The standard InChI is InChI=1S/C26H24N4O3/c31-25-23(21-15-19(26(32)33)5-8-22(21)29-25)24(18-9-11-27-12-10-18)28-20-6-3-17(4-7-20)16-30-13-1-2-14-30/h3-12,15,28H,1-2,13-14,16H2,(H,29,31)(H,32,33). The summed E-state index contributed by atoms with van der Waals surface area (Å²) in [6.45, 7) is 3.22. The van der Waals surface area contributed by atoms with Gasteiger partial charge in [0, 0.05) is 41.4 Å². The molecule has 1 saturated heterocycles. The van der Waals surface area contributed by atoms with Gasteiger partial charge in [-0.3, -0.25) is 14.7 Å². The second-order valence-electron chi connectivity index (χ2n) is 8.31. The predicted molar refractivity (Wildman–Crippen MR) is 128 cm³/mol. The number of likely N-dealkylation sites (tertiary alicyclic amines) is 1. The Morgan fingerprint density at radius 2 is 1.73 bits per heavy atom. The molecule has 7 heteroatoms. The van der Waals surface area contributed by atoms with E-state index in [1.807, 2.05) is 24.3 Å². The smallest absolute Gasteiger partial charge is 0.335 e. The van der Waals surface area contributed by atoms with Gasteiger partial charge in [-0.2, -0.15) is 0 Å². The largest absolute Gasteiger partial charge is 0.478 e. The molecule has 0 atom stereocenters. The number of pyridine rings is 1. The topological polar surface area (TPSA) is 94.6 Å². The van der Waals surface area contributed by atoms with Crippen LogP contribution in [0.2, 0.25) is 0 Å². The summed E-state index contributed by atoms with van der Waals surface area (Å²) in [4.78, 5) is 31.1. The zero-order valence-corrected chi connectivity index (χ0v) is 18.0. The van der Waals surface area contributed by atoms with Gasteiger partial charge >= 0.3 is 5.97 Å². The number of nitrogens with zero attached hydrogens (tertiary/aromatic N) is 2. The van der Waals surface area contributed by atoms with Crippen molar-refractivity contribution in [1.29, 1.82) is 0 Å². The van der Waals surface area contributed by atoms with E-state index in [-0.39, 0.29) is 11.5 Å². The van der Waals surface area contributed by atoms with Crippen molar-refractivity contribution in [1.82, 2.24) is 9.88 Å². The van der Waals surface area contributed by atoms with E-state index in [1.165, 1.54) is 30.5 Å². The highest BCUT2D eigenvalue weighted by Gasteiger charge is 2.29. The molecule has 2 aliphatic heterocycles. The van der Waals surface area contributed by atoms with Crippen LogP contribution in [-0.4, -0.2) is 40.0 Å². The van der Waals surface area contributed by atoms with Crippen molar-refractivity contribution in [3.8, 4) is 0 Å². The molecule has 0 bridgehead atoms. The zero-order valence-electron chi connectivity index (χ0n) is 18.0. The zero-order chi connectivity index (χ0) is 22.8. The molecule has 2 aromatic carbocycles. The fourth-order valence-electron chi connectivity index (χ4n) is 4.38. The number of aromatic nitrogens is 1. The lowest BCUT2D eigenvalue weighted by Gasteiger charge is -2.17. The number of carbonyl (C=O) groups excluding carboxylic acids is 1. The van der Waals surface area contributed by atoms with Crippen LogP contribution in [0, 0.1) is 0 Å². The van der Waals surface area contributed by atoms with Crippen molar-refractivity contribution < 1.29 is 14.7 Å². The Labute approximate surface area is 191 Å². The number of fused-ring (bicyclic) bond motifs is 1. The Morgan fingerprint density at radius 1 is 1.00 bits per heavy atom. The SMILES string of the molecule is O=C1Nc2ccc(C(=O)O)cc2C1=C(Nc1ccc(CN2CCCC2)cc1)c1ccncc1.